The van der Waals surface area contributed by atoms with E-state index in [0.29, 0.717) is 6.04 Å². The predicted octanol–water partition coefficient (Wildman–Crippen LogP) is 2.13. The summed E-state index contributed by atoms with van der Waals surface area (Å²) >= 11 is 0. The zero-order valence-electron chi connectivity index (χ0n) is 10.4. The minimum Gasteiger partial charge on any atom is -0.309 e. The van der Waals surface area contributed by atoms with E-state index in [4.69, 9.17) is 0 Å². The minimum atomic E-state index is 0.585. The molecule has 0 fully saturated rings. The summed E-state index contributed by atoms with van der Waals surface area (Å²) in [5, 5.41) is 3.54. The van der Waals surface area contributed by atoms with Gasteiger partial charge in [-0.2, -0.15) is 0 Å². The normalized spacial score (nSPS) is 13.6. The molecule has 1 atom stereocenters. The highest BCUT2D eigenvalue weighted by molar-refractivity contribution is 4.92. The zero-order chi connectivity index (χ0) is 11.1. The summed E-state index contributed by atoms with van der Waals surface area (Å²) in [6.45, 7) is 12.6. The van der Waals surface area contributed by atoms with Crippen LogP contribution in [0.4, 0.5) is 0 Å². The molecule has 2 heteroatoms. The van der Waals surface area contributed by atoms with Crippen LogP contribution in [-0.4, -0.2) is 38.1 Å². The first-order valence-corrected chi connectivity index (χ1v) is 5.44. The molecule has 0 rings (SSSR count). The van der Waals surface area contributed by atoms with E-state index in [-0.39, 0.29) is 0 Å². The van der Waals surface area contributed by atoms with Gasteiger partial charge in [0.05, 0.1) is 0 Å². The lowest BCUT2D eigenvalue weighted by Gasteiger charge is -2.24. The Bertz CT molecular complexity index is 152. The molecule has 0 aliphatic heterocycles. The summed E-state index contributed by atoms with van der Waals surface area (Å²) in [7, 11) is 4.24. The van der Waals surface area contributed by atoms with E-state index in [2.05, 4.69) is 51.7 Å². The van der Waals surface area contributed by atoms with Crippen molar-refractivity contribution in [3.05, 3.63) is 12.2 Å². The van der Waals surface area contributed by atoms with Crippen molar-refractivity contribution >= 4 is 0 Å². The predicted molar refractivity (Wildman–Crippen MR) is 64.6 cm³/mol. The summed E-state index contributed by atoms with van der Waals surface area (Å²) in [5.41, 5.74) is 1.21. The van der Waals surface area contributed by atoms with Crippen LogP contribution in [0.1, 0.15) is 27.2 Å². The van der Waals surface area contributed by atoms with E-state index in [1.165, 1.54) is 12.0 Å². The summed E-state index contributed by atoms with van der Waals surface area (Å²) in [4.78, 5) is 2.23. The second-order valence-corrected chi connectivity index (χ2v) is 4.93. The molecule has 0 spiro atoms. The molecule has 0 aliphatic rings. The van der Waals surface area contributed by atoms with Crippen LogP contribution < -0.4 is 5.32 Å². The first kappa shape index (κ1) is 13.7. The molecule has 0 heterocycles. The Balaban J connectivity index is 3.90. The van der Waals surface area contributed by atoms with Gasteiger partial charge in [-0.05, 0) is 33.4 Å². The van der Waals surface area contributed by atoms with Crippen LogP contribution in [-0.2, 0) is 0 Å². The van der Waals surface area contributed by atoms with Crippen LogP contribution in [0.3, 0.4) is 0 Å². The summed E-state index contributed by atoms with van der Waals surface area (Å²) in [6.07, 6.45) is 1.23. The van der Waals surface area contributed by atoms with Crippen molar-refractivity contribution in [2.75, 3.05) is 27.2 Å². The van der Waals surface area contributed by atoms with Gasteiger partial charge in [0, 0.05) is 19.1 Å². The molecule has 2 nitrogen and oxygen atoms in total. The molecule has 84 valence electrons. The monoisotopic (exact) mass is 198 g/mol. The lowest BCUT2D eigenvalue weighted by Crippen LogP contribution is -2.39. The van der Waals surface area contributed by atoms with E-state index in [1.807, 2.05) is 0 Å². The maximum Gasteiger partial charge on any atom is 0.0200 e. The first-order valence-electron chi connectivity index (χ1n) is 5.44. The van der Waals surface area contributed by atoms with Crippen LogP contribution in [0.25, 0.3) is 0 Å². The van der Waals surface area contributed by atoms with Gasteiger partial charge in [-0.3, -0.25) is 0 Å². The van der Waals surface area contributed by atoms with Gasteiger partial charge in [0.2, 0.25) is 0 Å². The van der Waals surface area contributed by atoms with Crippen molar-refractivity contribution < 1.29 is 0 Å². The topological polar surface area (TPSA) is 15.3 Å². The maximum atomic E-state index is 3.91. The van der Waals surface area contributed by atoms with E-state index in [1.54, 1.807) is 0 Å². The van der Waals surface area contributed by atoms with Gasteiger partial charge < -0.3 is 10.2 Å². The van der Waals surface area contributed by atoms with Gasteiger partial charge in [0.25, 0.3) is 0 Å². The average Bonchev–Trinajstić information content (AvgIpc) is 1.97. The van der Waals surface area contributed by atoms with Crippen LogP contribution in [0.15, 0.2) is 12.2 Å². The lowest BCUT2D eigenvalue weighted by atomic mass is 10.0. The van der Waals surface area contributed by atoms with Gasteiger partial charge in [-0.25, -0.2) is 0 Å². The summed E-state index contributed by atoms with van der Waals surface area (Å²) in [5.74, 6) is 0.748. The number of likely N-dealkylation sites (N-methyl/N-ethyl adjacent to an activating group) is 1. The third-order valence-electron chi connectivity index (χ3n) is 2.03. The van der Waals surface area contributed by atoms with Gasteiger partial charge in [0.15, 0.2) is 0 Å². The molecule has 0 amide bonds. The number of hydrogen-bond acceptors (Lipinski definition) is 2. The van der Waals surface area contributed by atoms with E-state index < -0.39 is 0 Å². The highest BCUT2D eigenvalue weighted by Gasteiger charge is 2.10. The van der Waals surface area contributed by atoms with Crippen LogP contribution in [0.2, 0.25) is 0 Å². The zero-order valence-corrected chi connectivity index (χ0v) is 10.4. The fourth-order valence-corrected chi connectivity index (χ4v) is 1.55. The molecule has 0 aromatic carbocycles. The SMILES string of the molecule is C=C(C)CNC(CC(C)C)CN(C)C. The standard InChI is InChI=1S/C12H26N2/c1-10(2)7-12(9-14(5)6)13-8-11(3)4/h10,12-13H,3,7-9H2,1-2,4-6H3. The number of nitrogens with one attached hydrogen (secondary N) is 1. The molecule has 0 saturated heterocycles. The van der Waals surface area contributed by atoms with Gasteiger partial charge in [-0.1, -0.05) is 26.0 Å². The van der Waals surface area contributed by atoms with Crippen molar-refractivity contribution in [3.8, 4) is 0 Å². The molecule has 0 saturated carbocycles. The second kappa shape index (κ2) is 7.02. The fraction of sp³-hybridized carbons (Fsp3) is 0.833. The number of hydrogen-bond donors (Lipinski definition) is 1. The summed E-state index contributed by atoms with van der Waals surface area (Å²) in [6, 6.07) is 0.585. The molecule has 0 aromatic rings. The molecule has 1 N–H and O–H groups in total. The van der Waals surface area contributed by atoms with Crippen LogP contribution in [0.5, 0.6) is 0 Å². The Hall–Kier alpha value is -0.340. The van der Waals surface area contributed by atoms with Crippen LogP contribution >= 0.6 is 0 Å². The smallest absolute Gasteiger partial charge is 0.0200 e. The van der Waals surface area contributed by atoms with Gasteiger partial charge in [-0.15, -0.1) is 0 Å². The largest absolute Gasteiger partial charge is 0.309 e. The third-order valence-corrected chi connectivity index (χ3v) is 2.03. The van der Waals surface area contributed by atoms with Crippen LogP contribution in [0, 0.1) is 5.92 Å². The van der Waals surface area contributed by atoms with Gasteiger partial charge >= 0.3 is 0 Å². The quantitative estimate of drug-likeness (QED) is 0.630. The number of rotatable bonds is 7. The Morgan fingerprint density at radius 3 is 2.29 bits per heavy atom. The second-order valence-electron chi connectivity index (χ2n) is 4.93. The van der Waals surface area contributed by atoms with Crippen molar-refractivity contribution in [1.29, 1.82) is 0 Å². The Morgan fingerprint density at radius 2 is 1.93 bits per heavy atom. The molecule has 0 aromatic heterocycles. The molecular weight excluding hydrogens is 172 g/mol. The maximum absolute atomic E-state index is 3.91. The minimum absolute atomic E-state index is 0.585. The molecule has 0 bridgehead atoms. The molecule has 0 aliphatic carbocycles. The van der Waals surface area contributed by atoms with Gasteiger partial charge in [0.1, 0.15) is 0 Å². The fourth-order valence-electron chi connectivity index (χ4n) is 1.55. The van der Waals surface area contributed by atoms with Crippen molar-refractivity contribution in [2.45, 2.75) is 33.2 Å². The Morgan fingerprint density at radius 1 is 1.36 bits per heavy atom. The molecule has 1 unspecified atom stereocenters. The van der Waals surface area contributed by atoms with Crippen molar-refractivity contribution in [2.24, 2.45) is 5.92 Å². The summed E-state index contributed by atoms with van der Waals surface area (Å²) < 4.78 is 0. The Kier molecular flexibility index (Phi) is 6.85. The first-order chi connectivity index (χ1) is 6.41. The third kappa shape index (κ3) is 8.27. The number of nitrogens with zero attached hydrogens (tertiary/aromatic N) is 1. The van der Waals surface area contributed by atoms with E-state index in [9.17, 15) is 0 Å². The highest BCUT2D eigenvalue weighted by atomic mass is 15.1. The molecule has 0 radical (unpaired) electrons. The van der Waals surface area contributed by atoms with Crippen molar-refractivity contribution in [3.63, 3.8) is 0 Å². The molecule has 14 heavy (non-hydrogen) atoms. The lowest BCUT2D eigenvalue weighted by molar-refractivity contribution is 0.311. The molecular formula is C12H26N2. The Labute approximate surface area is 89.4 Å². The van der Waals surface area contributed by atoms with E-state index >= 15 is 0 Å². The highest BCUT2D eigenvalue weighted by Crippen LogP contribution is 2.05. The average molecular weight is 198 g/mol. The van der Waals surface area contributed by atoms with E-state index in [0.717, 1.165) is 19.0 Å². The van der Waals surface area contributed by atoms with Crippen molar-refractivity contribution in [1.82, 2.24) is 10.2 Å².